The van der Waals surface area contributed by atoms with E-state index in [-0.39, 0.29) is 29.8 Å². The van der Waals surface area contributed by atoms with Crippen LogP contribution in [0.15, 0.2) is 6.33 Å². The number of ether oxygens (including phenoxy) is 2. The van der Waals surface area contributed by atoms with Crippen LogP contribution in [-0.4, -0.2) is 85.0 Å². The molecule has 0 aliphatic carbocycles. The van der Waals surface area contributed by atoms with Crippen molar-refractivity contribution in [2.75, 3.05) is 25.2 Å². The van der Waals surface area contributed by atoms with Crippen molar-refractivity contribution in [1.82, 2.24) is 30.2 Å². The first-order valence-electron chi connectivity index (χ1n) is 9.18. The number of imide groups is 1. The van der Waals surface area contributed by atoms with Crippen molar-refractivity contribution in [2.24, 2.45) is 0 Å². The molecule has 2 saturated heterocycles. The molecule has 2 aromatic rings. The van der Waals surface area contributed by atoms with Crippen molar-refractivity contribution < 1.29 is 33.5 Å². The molecule has 168 valence electrons. The smallest absolute Gasteiger partial charge is 0.322 e. The number of carbonyl (C=O) groups excluding carboxylic acids is 2. The van der Waals surface area contributed by atoms with Gasteiger partial charge >= 0.3 is 6.03 Å². The number of anilines is 1. The topological polar surface area (TPSA) is 196 Å². The SMILES string of the molecule is COc1nc(N)nc2c1ncn2[C@@H]1O[C@H](COSCC2NC(=O)NC2=O)[C@@H](O)[C@@]1(C)O. The van der Waals surface area contributed by atoms with E-state index >= 15 is 0 Å². The quantitative estimate of drug-likeness (QED) is 0.180. The molecule has 2 aliphatic rings. The number of aliphatic hydroxyl groups is 2. The second-order valence-corrected chi connectivity index (χ2v) is 8.00. The van der Waals surface area contributed by atoms with Gasteiger partial charge in [0, 0.05) is 5.75 Å². The summed E-state index contributed by atoms with van der Waals surface area (Å²) in [5.74, 6) is -0.158. The van der Waals surface area contributed by atoms with Crippen molar-refractivity contribution >= 4 is 41.1 Å². The summed E-state index contributed by atoms with van der Waals surface area (Å²) in [6.45, 7) is 1.33. The lowest BCUT2D eigenvalue weighted by Gasteiger charge is -2.27. The van der Waals surface area contributed by atoms with E-state index in [1.54, 1.807) is 0 Å². The number of aliphatic hydroxyl groups excluding tert-OH is 1. The van der Waals surface area contributed by atoms with E-state index in [0.717, 1.165) is 12.0 Å². The molecule has 3 amide bonds. The zero-order valence-corrected chi connectivity index (χ0v) is 17.3. The minimum absolute atomic E-state index is 0.0522. The van der Waals surface area contributed by atoms with Gasteiger partial charge in [-0.1, -0.05) is 0 Å². The minimum Gasteiger partial charge on any atom is -0.479 e. The lowest BCUT2D eigenvalue weighted by atomic mass is 9.96. The van der Waals surface area contributed by atoms with Gasteiger partial charge in [0.15, 0.2) is 17.4 Å². The van der Waals surface area contributed by atoms with Crippen LogP contribution in [0.5, 0.6) is 5.88 Å². The summed E-state index contributed by atoms with van der Waals surface area (Å²) in [6, 6.07) is -1.27. The van der Waals surface area contributed by atoms with Crippen LogP contribution in [0.25, 0.3) is 11.2 Å². The van der Waals surface area contributed by atoms with Crippen molar-refractivity contribution in [1.29, 1.82) is 0 Å². The Kier molecular flexibility index (Phi) is 5.61. The first-order valence-corrected chi connectivity index (χ1v) is 10.1. The van der Waals surface area contributed by atoms with Crippen LogP contribution in [0, 0.1) is 0 Å². The van der Waals surface area contributed by atoms with E-state index in [2.05, 4.69) is 25.6 Å². The van der Waals surface area contributed by atoms with E-state index < -0.39 is 42.0 Å². The van der Waals surface area contributed by atoms with Gasteiger partial charge in [-0.2, -0.15) is 9.97 Å². The Bertz CT molecular complexity index is 1020. The third kappa shape index (κ3) is 3.85. The molecule has 0 spiro atoms. The van der Waals surface area contributed by atoms with Gasteiger partial charge in [-0.3, -0.25) is 14.7 Å². The molecular weight excluding hydrogens is 434 g/mol. The molecule has 0 aromatic carbocycles. The van der Waals surface area contributed by atoms with Gasteiger partial charge < -0.3 is 34.9 Å². The third-order valence-corrected chi connectivity index (χ3v) is 5.79. The molecule has 0 bridgehead atoms. The Hall–Kier alpha value is -2.72. The summed E-state index contributed by atoms with van der Waals surface area (Å²) < 4.78 is 17.9. The zero-order chi connectivity index (χ0) is 22.3. The summed E-state index contributed by atoms with van der Waals surface area (Å²) in [6.07, 6.45) is -1.86. The fourth-order valence-electron chi connectivity index (χ4n) is 3.41. The normalized spacial score (nSPS) is 30.6. The number of urea groups is 1. The summed E-state index contributed by atoms with van der Waals surface area (Å²) in [7, 11) is 1.41. The number of hydrogen-bond donors (Lipinski definition) is 5. The third-order valence-electron chi connectivity index (χ3n) is 5.02. The molecule has 0 radical (unpaired) electrons. The number of aromatic nitrogens is 4. The van der Waals surface area contributed by atoms with Crippen LogP contribution in [0.3, 0.4) is 0 Å². The van der Waals surface area contributed by atoms with E-state index in [1.165, 1.54) is 24.9 Å². The average molecular weight is 455 g/mol. The van der Waals surface area contributed by atoms with E-state index in [4.69, 9.17) is 19.4 Å². The Balaban J connectivity index is 1.45. The number of carbonyl (C=O) groups is 2. The van der Waals surface area contributed by atoms with E-state index in [1.807, 2.05) is 0 Å². The van der Waals surface area contributed by atoms with Gasteiger partial charge in [0.25, 0.3) is 5.91 Å². The first-order chi connectivity index (χ1) is 14.7. The van der Waals surface area contributed by atoms with Gasteiger partial charge in [-0.15, -0.1) is 0 Å². The Morgan fingerprint density at radius 2 is 2.19 bits per heavy atom. The molecular formula is C16H21N7O7S. The Morgan fingerprint density at radius 3 is 2.87 bits per heavy atom. The molecule has 4 rings (SSSR count). The van der Waals surface area contributed by atoms with Gasteiger partial charge in [0.1, 0.15) is 23.9 Å². The summed E-state index contributed by atoms with van der Waals surface area (Å²) in [5.41, 5.74) is 4.60. The monoisotopic (exact) mass is 455 g/mol. The molecule has 14 nitrogen and oxygen atoms in total. The van der Waals surface area contributed by atoms with Crippen LogP contribution >= 0.6 is 12.0 Å². The molecule has 6 N–H and O–H groups in total. The molecule has 15 heteroatoms. The number of amides is 3. The number of nitrogens with two attached hydrogens (primary N) is 1. The van der Waals surface area contributed by atoms with Gasteiger partial charge in [0.2, 0.25) is 11.8 Å². The molecule has 2 fully saturated rings. The lowest BCUT2D eigenvalue weighted by molar-refractivity contribution is -0.119. The maximum Gasteiger partial charge on any atom is 0.322 e. The molecule has 5 atom stereocenters. The number of fused-ring (bicyclic) bond motifs is 1. The number of imidazole rings is 1. The predicted octanol–water partition coefficient (Wildman–Crippen LogP) is -1.70. The predicted molar refractivity (Wildman–Crippen MR) is 106 cm³/mol. The van der Waals surface area contributed by atoms with Crippen LogP contribution < -0.4 is 21.1 Å². The molecule has 0 saturated carbocycles. The minimum atomic E-state index is -1.71. The molecule has 2 aromatic heterocycles. The second-order valence-electron chi connectivity index (χ2n) is 7.20. The highest BCUT2D eigenvalue weighted by Gasteiger charge is 2.53. The second kappa shape index (κ2) is 8.08. The maximum atomic E-state index is 11.5. The highest BCUT2D eigenvalue weighted by molar-refractivity contribution is 7.94. The Morgan fingerprint density at radius 1 is 1.42 bits per heavy atom. The van der Waals surface area contributed by atoms with E-state index in [9.17, 15) is 19.8 Å². The van der Waals surface area contributed by atoms with Gasteiger partial charge in [0.05, 0.1) is 20.0 Å². The Labute approximate surface area is 179 Å². The largest absolute Gasteiger partial charge is 0.479 e. The fraction of sp³-hybridized carbons (Fsp3) is 0.562. The van der Waals surface area contributed by atoms with Gasteiger partial charge in [-0.05, 0) is 19.0 Å². The highest BCUT2D eigenvalue weighted by atomic mass is 32.2. The molecule has 4 heterocycles. The average Bonchev–Trinajstić information content (AvgIpc) is 3.34. The van der Waals surface area contributed by atoms with E-state index in [0.29, 0.717) is 5.52 Å². The lowest BCUT2D eigenvalue weighted by Crippen LogP contribution is -2.44. The molecule has 31 heavy (non-hydrogen) atoms. The van der Waals surface area contributed by atoms with Crippen LogP contribution in [-0.2, 0) is 13.7 Å². The molecule has 1 unspecified atom stereocenters. The standard InChI is InChI=1S/C16H21N7O7S/c1-16(27)9(24)7(3-29-31-4-6-11(25)21-15(26)19-6)30-13(16)23-5-18-8-10(23)20-14(17)22-12(8)28-2/h5-7,9,13,24,27H,3-4H2,1-2H3,(H2,17,20,22)(H2,19,21,25,26)/t6?,7-,9-,13-,16-/m1/s1. The van der Waals surface area contributed by atoms with Crippen molar-refractivity contribution in [3.8, 4) is 5.88 Å². The fourth-order valence-corrected chi connectivity index (χ4v) is 4.10. The highest BCUT2D eigenvalue weighted by Crippen LogP contribution is 2.40. The number of rotatable bonds is 7. The summed E-state index contributed by atoms with van der Waals surface area (Å²) >= 11 is 0.932. The molecule has 2 aliphatic heterocycles. The van der Waals surface area contributed by atoms with Crippen molar-refractivity contribution in [3.05, 3.63) is 6.33 Å². The number of hydrogen-bond acceptors (Lipinski definition) is 12. The number of methoxy groups -OCH3 is 1. The first kappa shape index (κ1) is 21.5. The van der Waals surface area contributed by atoms with Crippen LogP contribution in [0.2, 0.25) is 0 Å². The number of nitrogens with zero attached hydrogens (tertiary/aromatic N) is 4. The summed E-state index contributed by atoms with van der Waals surface area (Å²) in [4.78, 5) is 34.9. The van der Waals surface area contributed by atoms with Crippen molar-refractivity contribution in [2.45, 2.75) is 37.0 Å². The summed E-state index contributed by atoms with van der Waals surface area (Å²) in [5, 5.41) is 26.1. The van der Waals surface area contributed by atoms with Crippen LogP contribution in [0.1, 0.15) is 13.2 Å². The van der Waals surface area contributed by atoms with Crippen molar-refractivity contribution in [3.63, 3.8) is 0 Å². The maximum absolute atomic E-state index is 11.5. The van der Waals surface area contributed by atoms with Gasteiger partial charge in [-0.25, -0.2) is 9.78 Å². The van der Waals surface area contributed by atoms with Crippen LogP contribution in [0.4, 0.5) is 10.7 Å². The zero-order valence-electron chi connectivity index (χ0n) is 16.5. The number of nitrogens with one attached hydrogen (secondary N) is 2. The number of nitrogen functional groups attached to an aromatic ring is 1.